The van der Waals surface area contributed by atoms with Crippen LogP contribution in [0.15, 0.2) is 24.3 Å². The lowest BCUT2D eigenvalue weighted by Gasteiger charge is -2.29. The Morgan fingerprint density at radius 2 is 2.10 bits per heavy atom. The van der Waals surface area contributed by atoms with Crippen molar-refractivity contribution in [2.75, 3.05) is 11.9 Å². The highest BCUT2D eigenvalue weighted by atomic mass is 35.5. The molecule has 0 aliphatic carbocycles. The van der Waals surface area contributed by atoms with Crippen molar-refractivity contribution in [1.82, 2.24) is 5.32 Å². The highest BCUT2D eigenvalue weighted by molar-refractivity contribution is 6.30. The number of carbonyl (C=O) groups excluding carboxylic acids is 2. The molecule has 0 radical (unpaired) electrons. The van der Waals surface area contributed by atoms with E-state index in [0.717, 1.165) is 0 Å². The number of anilines is 1. The van der Waals surface area contributed by atoms with Gasteiger partial charge in [-0.15, -0.1) is 0 Å². The van der Waals surface area contributed by atoms with E-state index in [0.29, 0.717) is 17.3 Å². The van der Waals surface area contributed by atoms with Crippen LogP contribution in [-0.2, 0) is 9.59 Å². The van der Waals surface area contributed by atoms with Gasteiger partial charge in [0.15, 0.2) is 0 Å². The zero-order valence-corrected chi connectivity index (χ0v) is 12.6. The Kier molecular flexibility index (Phi) is 4.04. The molecule has 0 unspecified atom stereocenters. The lowest BCUT2D eigenvalue weighted by atomic mass is 9.74. The van der Waals surface area contributed by atoms with E-state index in [1.165, 1.54) is 0 Å². The van der Waals surface area contributed by atoms with Crippen LogP contribution in [0.4, 0.5) is 5.69 Å². The molecule has 4 nitrogen and oxygen atoms in total. The molecule has 2 rings (SSSR count). The summed E-state index contributed by atoms with van der Waals surface area (Å²) in [5, 5.41) is 6.10. The third kappa shape index (κ3) is 3.12. The summed E-state index contributed by atoms with van der Waals surface area (Å²) >= 11 is 5.89. The van der Waals surface area contributed by atoms with Crippen LogP contribution in [0, 0.1) is 17.3 Å². The Bertz CT molecular complexity index is 537. The summed E-state index contributed by atoms with van der Waals surface area (Å²) in [6, 6.07) is 6.91. The summed E-state index contributed by atoms with van der Waals surface area (Å²) in [4.78, 5) is 24.3. The summed E-state index contributed by atoms with van der Waals surface area (Å²) in [5.41, 5.74) is 0.491. The van der Waals surface area contributed by atoms with Crippen LogP contribution in [0.3, 0.4) is 0 Å². The lowest BCUT2D eigenvalue weighted by Crippen LogP contribution is -2.37. The third-order valence-electron chi connectivity index (χ3n) is 3.67. The van der Waals surface area contributed by atoms with Crippen molar-refractivity contribution in [3.8, 4) is 0 Å². The second kappa shape index (κ2) is 5.44. The predicted molar refractivity (Wildman–Crippen MR) is 79.5 cm³/mol. The molecule has 1 heterocycles. The highest BCUT2D eigenvalue weighted by Crippen LogP contribution is 2.35. The Morgan fingerprint density at radius 3 is 2.70 bits per heavy atom. The molecule has 2 N–H and O–H groups in total. The van der Waals surface area contributed by atoms with Gasteiger partial charge in [0.1, 0.15) is 5.92 Å². The monoisotopic (exact) mass is 294 g/mol. The molecular weight excluding hydrogens is 276 g/mol. The zero-order chi connectivity index (χ0) is 14.9. The van der Waals surface area contributed by atoms with E-state index in [1.807, 2.05) is 20.8 Å². The number of nitrogens with one attached hydrogen (secondary N) is 2. The van der Waals surface area contributed by atoms with Crippen LogP contribution in [-0.4, -0.2) is 18.4 Å². The maximum absolute atomic E-state index is 12.4. The van der Waals surface area contributed by atoms with Crippen molar-refractivity contribution >= 4 is 29.1 Å². The van der Waals surface area contributed by atoms with Gasteiger partial charge >= 0.3 is 0 Å². The number of carbonyl (C=O) groups is 2. The molecule has 20 heavy (non-hydrogen) atoms. The van der Waals surface area contributed by atoms with Crippen molar-refractivity contribution in [2.45, 2.75) is 20.8 Å². The minimum Gasteiger partial charge on any atom is -0.355 e. The van der Waals surface area contributed by atoms with Crippen LogP contribution in [0.25, 0.3) is 0 Å². The fourth-order valence-electron chi connectivity index (χ4n) is 2.52. The normalized spacial score (nSPS) is 22.5. The molecular formula is C15H19ClN2O2. The molecule has 0 bridgehead atoms. The van der Waals surface area contributed by atoms with Gasteiger partial charge in [-0.1, -0.05) is 38.4 Å². The fraction of sp³-hybridized carbons (Fsp3) is 0.467. The topological polar surface area (TPSA) is 58.2 Å². The molecule has 1 aromatic carbocycles. The number of hydrogen-bond donors (Lipinski definition) is 2. The molecule has 0 spiro atoms. The summed E-state index contributed by atoms with van der Waals surface area (Å²) in [6.07, 6.45) is 0. The second-order valence-electron chi connectivity index (χ2n) is 6.19. The van der Waals surface area contributed by atoms with E-state index >= 15 is 0 Å². The van der Waals surface area contributed by atoms with E-state index in [4.69, 9.17) is 11.6 Å². The van der Waals surface area contributed by atoms with E-state index < -0.39 is 5.92 Å². The maximum Gasteiger partial charge on any atom is 0.237 e. The SMILES string of the molecule is CC(C)(C)[C@H]1CNC(=O)[C@@H]1C(=O)Nc1cccc(Cl)c1. The Hall–Kier alpha value is -1.55. The molecule has 2 atom stereocenters. The van der Waals surface area contributed by atoms with Crippen molar-refractivity contribution in [3.63, 3.8) is 0 Å². The minimum atomic E-state index is -0.658. The third-order valence-corrected chi connectivity index (χ3v) is 3.90. The number of hydrogen-bond acceptors (Lipinski definition) is 2. The maximum atomic E-state index is 12.4. The van der Waals surface area contributed by atoms with E-state index in [-0.39, 0.29) is 23.1 Å². The smallest absolute Gasteiger partial charge is 0.237 e. The quantitative estimate of drug-likeness (QED) is 0.824. The van der Waals surface area contributed by atoms with Gasteiger partial charge in [-0.05, 0) is 23.6 Å². The van der Waals surface area contributed by atoms with Gasteiger partial charge in [0.05, 0.1) is 0 Å². The Morgan fingerprint density at radius 1 is 1.40 bits per heavy atom. The second-order valence-corrected chi connectivity index (χ2v) is 6.63. The summed E-state index contributed by atoms with van der Waals surface area (Å²) in [7, 11) is 0. The first-order valence-electron chi connectivity index (χ1n) is 6.63. The van der Waals surface area contributed by atoms with E-state index in [2.05, 4.69) is 10.6 Å². The van der Waals surface area contributed by atoms with E-state index in [1.54, 1.807) is 24.3 Å². The molecule has 0 aromatic heterocycles. The van der Waals surface area contributed by atoms with Crippen molar-refractivity contribution in [3.05, 3.63) is 29.3 Å². The molecule has 2 amide bonds. The first-order valence-corrected chi connectivity index (χ1v) is 7.01. The first kappa shape index (κ1) is 14.9. The zero-order valence-electron chi connectivity index (χ0n) is 11.9. The molecule has 108 valence electrons. The van der Waals surface area contributed by atoms with Crippen LogP contribution in [0.1, 0.15) is 20.8 Å². The summed E-state index contributed by atoms with van der Waals surface area (Å²) < 4.78 is 0. The van der Waals surface area contributed by atoms with Crippen LogP contribution in [0.5, 0.6) is 0 Å². The molecule has 1 fully saturated rings. The van der Waals surface area contributed by atoms with Gasteiger partial charge in [0.2, 0.25) is 11.8 Å². The van der Waals surface area contributed by atoms with Crippen LogP contribution >= 0.6 is 11.6 Å². The average molecular weight is 295 g/mol. The number of rotatable bonds is 2. The predicted octanol–water partition coefficient (Wildman–Crippen LogP) is 2.69. The van der Waals surface area contributed by atoms with Crippen molar-refractivity contribution < 1.29 is 9.59 Å². The van der Waals surface area contributed by atoms with Crippen LogP contribution in [0.2, 0.25) is 5.02 Å². The average Bonchev–Trinajstić information content (AvgIpc) is 2.71. The van der Waals surface area contributed by atoms with Gasteiger partial charge in [-0.25, -0.2) is 0 Å². The Balaban J connectivity index is 2.17. The molecule has 1 saturated heterocycles. The lowest BCUT2D eigenvalue weighted by molar-refractivity contribution is -0.132. The van der Waals surface area contributed by atoms with Gasteiger partial charge in [-0.2, -0.15) is 0 Å². The van der Waals surface area contributed by atoms with Crippen molar-refractivity contribution in [1.29, 1.82) is 0 Å². The molecule has 5 heteroatoms. The van der Waals surface area contributed by atoms with Gasteiger partial charge in [0, 0.05) is 23.2 Å². The van der Waals surface area contributed by atoms with Crippen LogP contribution < -0.4 is 10.6 Å². The Labute approximate surface area is 123 Å². The van der Waals surface area contributed by atoms with Gasteiger partial charge in [-0.3, -0.25) is 9.59 Å². The first-order chi connectivity index (χ1) is 9.29. The highest BCUT2D eigenvalue weighted by Gasteiger charge is 2.45. The van der Waals surface area contributed by atoms with Crippen molar-refractivity contribution in [2.24, 2.45) is 17.3 Å². The number of benzene rings is 1. The largest absolute Gasteiger partial charge is 0.355 e. The standard InChI is InChI=1S/C15H19ClN2O2/c1-15(2,3)11-8-17-13(19)12(11)14(20)18-10-6-4-5-9(16)7-10/h4-7,11-12H,8H2,1-3H3,(H,17,19)(H,18,20)/t11-,12+/m0/s1. The summed E-state index contributed by atoms with van der Waals surface area (Å²) in [5.74, 6) is -1.16. The molecule has 0 saturated carbocycles. The minimum absolute atomic E-state index is 0.0193. The summed E-state index contributed by atoms with van der Waals surface area (Å²) in [6.45, 7) is 6.66. The van der Waals surface area contributed by atoms with Gasteiger partial charge < -0.3 is 10.6 Å². The number of halogens is 1. The van der Waals surface area contributed by atoms with Gasteiger partial charge in [0.25, 0.3) is 0 Å². The molecule has 1 aliphatic heterocycles. The van der Waals surface area contributed by atoms with E-state index in [9.17, 15) is 9.59 Å². The molecule has 1 aromatic rings. The number of amides is 2. The fourth-order valence-corrected chi connectivity index (χ4v) is 2.71. The molecule has 1 aliphatic rings.